The van der Waals surface area contributed by atoms with E-state index < -0.39 is 10.0 Å². The van der Waals surface area contributed by atoms with Crippen molar-refractivity contribution in [3.05, 3.63) is 23.8 Å². The third-order valence-electron chi connectivity index (χ3n) is 4.18. The van der Waals surface area contributed by atoms with E-state index in [4.69, 9.17) is 0 Å². The first kappa shape index (κ1) is 14.5. The van der Waals surface area contributed by atoms with E-state index >= 15 is 0 Å². The molecule has 2 aliphatic heterocycles. The summed E-state index contributed by atoms with van der Waals surface area (Å²) in [6.07, 6.45) is 0.270. The van der Waals surface area contributed by atoms with Crippen LogP contribution in [0.1, 0.15) is 12.5 Å². The van der Waals surface area contributed by atoms with Crippen molar-refractivity contribution in [2.24, 2.45) is 0 Å². The number of fused-ring (bicyclic) bond motifs is 1. The minimum atomic E-state index is -3.50. The summed E-state index contributed by atoms with van der Waals surface area (Å²) < 4.78 is 27.1. The van der Waals surface area contributed by atoms with Crippen molar-refractivity contribution < 1.29 is 13.2 Å². The van der Waals surface area contributed by atoms with Crippen LogP contribution in [0.2, 0.25) is 0 Å². The monoisotopic (exact) mass is 309 g/mol. The molecule has 1 aromatic carbocycles. The molecule has 0 unspecified atom stereocenters. The molecule has 0 bridgehead atoms. The highest BCUT2D eigenvalue weighted by atomic mass is 32.2. The minimum Gasteiger partial charge on any atom is -0.315 e. The number of amides is 1. The second-order valence-electron chi connectivity index (χ2n) is 5.59. The molecular weight excluding hydrogens is 290 g/mol. The number of hydrogen-bond donors (Lipinski definition) is 1. The van der Waals surface area contributed by atoms with Gasteiger partial charge in [0.15, 0.2) is 0 Å². The molecule has 0 saturated carbocycles. The fraction of sp³-hybridized carbons (Fsp3) is 0.500. The standard InChI is InChI=1S/C14H19N3O3S/c1-10-9-15-5-6-17(10)21(19,20)12-3-4-13-11(7-12)8-14(18)16(13)2/h3-4,7,10,15H,5-6,8-9H2,1-2H3/t10-/m1/s1. The van der Waals surface area contributed by atoms with E-state index in [0.29, 0.717) is 19.6 Å². The number of nitrogens with zero attached hydrogens (tertiary/aromatic N) is 2. The fourth-order valence-electron chi connectivity index (χ4n) is 2.92. The van der Waals surface area contributed by atoms with Gasteiger partial charge in [0.05, 0.1) is 11.3 Å². The molecule has 21 heavy (non-hydrogen) atoms. The van der Waals surface area contributed by atoms with Crippen molar-refractivity contribution in [3.8, 4) is 0 Å². The summed E-state index contributed by atoms with van der Waals surface area (Å²) in [7, 11) is -1.80. The van der Waals surface area contributed by atoms with Crippen LogP contribution in [-0.2, 0) is 21.2 Å². The van der Waals surface area contributed by atoms with Gasteiger partial charge in [-0.3, -0.25) is 4.79 Å². The number of sulfonamides is 1. The highest BCUT2D eigenvalue weighted by Gasteiger charge is 2.32. The Morgan fingerprint density at radius 2 is 2.10 bits per heavy atom. The Bertz CT molecular complexity index is 687. The molecule has 0 spiro atoms. The van der Waals surface area contributed by atoms with Crippen LogP contribution in [-0.4, -0.2) is 51.4 Å². The van der Waals surface area contributed by atoms with Crippen LogP contribution in [0.15, 0.2) is 23.1 Å². The van der Waals surface area contributed by atoms with Crippen LogP contribution in [0, 0.1) is 0 Å². The van der Waals surface area contributed by atoms with Gasteiger partial charge in [-0.2, -0.15) is 4.31 Å². The van der Waals surface area contributed by atoms with E-state index in [0.717, 1.165) is 11.3 Å². The Kier molecular flexibility index (Phi) is 3.51. The smallest absolute Gasteiger partial charge is 0.243 e. The number of likely N-dealkylation sites (N-methyl/N-ethyl adjacent to an activating group) is 1. The first-order valence-corrected chi connectivity index (χ1v) is 8.47. The maximum atomic E-state index is 12.8. The number of nitrogens with one attached hydrogen (secondary N) is 1. The predicted octanol–water partition coefficient (Wildman–Crippen LogP) is 0.188. The van der Waals surface area contributed by atoms with Crippen LogP contribution < -0.4 is 10.2 Å². The number of anilines is 1. The zero-order valence-electron chi connectivity index (χ0n) is 12.2. The number of rotatable bonds is 2. The molecule has 1 amide bonds. The van der Waals surface area contributed by atoms with Gasteiger partial charge in [-0.15, -0.1) is 0 Å². The van der Waals surface area contributed by atoms with Crippen LogP contribution in [0.4, 0.5) is 5.69 Å². The third kappa shape index (κ3) is 2.35. The van der Waals surface area contributed by atoms with Crippen molar-refractivity contribution in [3.63, 3.8) is 0 Å². The van der Waals surface area contributed by atoms with Crippen LogP contribution in [0.3, 0.4) is 0 Å². The summed E-state index contributed by atoms with van der Waals surface area (Å²) in [6.45, 7) is 3.69. The fourth-order valence-corrected chi connectivity index (χ4v) is 4.60. The maximum absolute atomic E-state index is 12.8. The van der Waals surface area contributed by atoms with Crippen molar-refractivity contribution in [2.45, 2.75) is 24.3 Å². The van der Waals surface area contributed by atoms with Crippen LogP contribution in [0.25, 0.3) is 0 Å². The molecule has 0 aromatic heterocycles. The molecule has 7 heteroatoms. The Labute approximate surface area is 124 Å². The van der Waals surface area contributed by atoms with E-state index in [-0.39, 0.29) is 23.3 Å². The molecule has 1 N–H and O–H groups in total. The van der Waals surface area contributed by atoms with Crippen molar-refractivity contribution in [2.75, 3.05) is 31.6 Å². The summed E-state index contributed by atoms with van der Waals surface area (Å²) in [5, 5.41) is 3.18. The predicted molar refractivity (Wildman–Crippen MR) is 79.8 cm³/mol. The lowest BCUT2D eigenvalue weighted by molar-refractivity contribution is -0.117. The summed E-state index contributed by atoms with van der Waals surface area (Å²) in [4.78, 5) is 13.5. The molecule has 114 valence electrons. The molecule has 1 aromatic rings. The Morgan fingerprint density at radius 1 is 1.33 bits per heavy atom. The van der Waals surface area contributed by atoms with E-state index in [9.17, 15) is 13.2 Å². The van der Waals surface area contributed by atoms with Crippen LogP contribution in [0.5, 0.6) is 0 Å². The molecule has 6 nitrogen and oxygen atoms in total. The molecule has 2 aliphatic rings. The highest BCUT2D eigenvalue weighted by molar-refractivity contribution is 7.89. The van der Waals surface area contributed by atoms with E-state index in [1.165, 1.54) is 4.31 Å². The minimum absolute atomic E-state index is 0.00455. The zero-order chi connectivity index (χ0) is 15.2. The van der Waals surface area contributed by atoms with Gasteiger partial charge in [-0.25, -0.2) is 8.42 Å². The molecule has 0 aliphatic carbocycles. The molecule has 3 rings (SSSR count). The van der Waals surface area contributed by atoms with Crippen molar-refractivity contribution >= 4 is 21.6 Å². The van der Waals surface area contributed by atoms with Gasteiger partial charge in [-0.1, -0.05) is 0 Å². The van der Waals surface area contributed by atoms with Gasteiger partial charge in [0.25, 0.3) is 0 Å². The molecule has 1 atom stereocenters. The van der Waals surface area contributed by atoms with Gasteiger partial charge in [0.2, 0.25) is 15.9 Å². The van der Waals surface area contributed by atoms with Gasteiger partial charge in [-0.05, 0) is 30.7 Å². The highest BCUT2D eigenvalue weighted by Crippen LogP contribution is 2.31. The molecule has 2 heterocycles. The SMILES string of the molecule is C[C@@H]1CNCCN1S(=O)(=O)c1ccc2c(c1)CC(=O)N2C. The van der Waals surface area contributed by atoms with Crippen LogP contribution >= 0.6 is 0 Å². The normalized spacial score (nSPS) is 23.4. The first-order valence-electron chi connectivity index (χ1n) is 7.03. The van der Waals surface area contributed by atoms with Gasteiger partial charge in [0.1, 0.15) is 0 Å². The van der Waals surface area contributed by atoms with Gasteiger partial charge < -0.3 is 10.2 Å². The Morgan fingerprint density at radius 3 is 2.81 bits per heavy atom. The van der Waals surface area contributed by atoms with Crippen molar-refractivity contribution in [1.29, 1.82) is 0 Å². The number of carbonyl (C=O) groups excluding carboxylic acids is 1. The van der Waals surface area contributed by atoms with Gasteiger partial charge >= 0.3 is 0 Å². The maximum Gasteiger partial charge on any atom is 0.243 e. The number of carbonyl (C=O) groups is 1. The average molecular weight is 309 g/mol. The third-order valence-corrected chi connectivity index (χ3v) is 6.18. The summed E-state index contributed by atoms with van der Waals surface area (Å²) in [6, 6.07) is 4.89. The molecule has 1 fully saturated rings. The van der Waals surface area contributed by atoms with Gasteiger partial charge in [0, 0.05) is 38.4 Å². The summed E-state index contributed by atoms with van der Waals surface area (Å²) in [5.41, 5.74) is 1.58. The Balaban J connectivity index is 1.97. The lowest BCUT2D eigenvalue weighted by Crippen LogP contribution is -2.52. The molecule has 0 radical (unpaired) electrons. The molecular formula is C14H19N3O3S. The number of piperazine rings is 1. The second-order valence-corrected chi connectivity index (χ2v) is 7.48. The summed E-state index contributed by atoms with van der Waals surface area (Å²) >= 11 is 0. The second kappa shape index (κ2) is 5.08. The van der Waals surface area contributed by atoms with E-state index in [1.807, 2.05) is 6.92 Å². The lowest BCUT2D eigenvalue weighted by atomic mass is 10.2. The Hall–Kier alpha value is -1.44. The number of hydrogen-bond acceptors (Lipinski definition) is 4. The quantitative estimate of drug-likeness (QED) is 0.846. The molecule has 1 saturated heterocycles. The topological polar surface area (TPSA) is 69.7 Å². The summed E-state index contributed by atoms with van der Waals surface area (Å²) in [5.74, 6) is -0.00455. The van der Waals surface area contributed by atoms with E-state index in [1.54, 1.807) is 30.1 Å². The average Bonchev–Trinajstić information content (AvgIpc) is 2.74. The number of benzene rings is 1. The lowest BCUT2D eigenvalue weighted by Gasteiger charge is -2.32. The zero-order valence-corrected chi connectivity index (χ0v) is 13.0. The first-order chi connectivity index (χ1) is 9.91. The van der Waals surface area contributed by atoms with E-state index in [2.05, 4.69) is 5.32 Å². The largest absolute Gasteiger partial charge is 0.315 e. The van der Waals surface area contributed by atoms with Crippen molar-refractivity contribution in [1.82, 2.24) is 9.62 Å².